The fourth-order valence-corrected chi connectivity index (χ4v) is 3.79. The molecule has 28 heavy (non-hydrogen) atoms. The average molecular weight is 377 g/mol. The van der Waals surface area contributed by atoms with E-state index in [1.54, 1.807) is 12.4 Å². The summed E-state index contributed by atoms with van der Waals surface area (Å²) in [4.78, 5) is 8.13. The first-order valence-corrected chi connectivity index (χ1v) is 9.89. The lowest BCUT2D eigenvalue weighted by Crippen LogP contribution is -2.25. The van der Waals surface area contributed by atoms with Crippen molar-refractivity contribution in [1.29, 1.82) is 0 Å². The Morgan fingerprint density at radius 3 is 2.50 bits per heavy atom. The van der Waals surface area contributed by atoms with Crippen LogP contribution in [-0.2, 0) is 18.4 Å². The molecule has 146 valence electrons. The highest BCUT2D eigenvalue weighted by Gasteiger charge is 2.24. The maximum absolute atomic E-state index is 5.57. The summed E-state index contributed by atoms with van der Waals surface area (Å²) in [5.74, 6) is 0.308. The molecule has 0 bridgehead atoms. The first-order chi connectivity index (χ1) is 13.4. The van der Waals surface area contributed by atoms with Gasteiger partial charge in [0.15, 0.2) is 0 Å². The molecule has 1 aliphatic rings. The molecule has 0 saturated carbocycles. The molecule has 0 saturated heterocycles. The Bertz CT molecular complexity index is 935. The third kappa shape index (κ3) is 3.78. The predicted octanol–water partition coefficient (Wildman–Crippen LogP) is 3.71. The highest BCUT2D eigenvalue weighted by Crippen LogP contribution is 2.32. The summed E-state index contributed by atoms with van der Waals surface area (Å²) in [6.07, 6.45) is 8.88. The Kier molecular flexibility index (Phi) is 4.89. The molecular weight excluding hydrogens is 348 g/mol. The van der Waals surface area contributed by atoms with Crippen LogP contribution in [0.1, 0.15) is 62.0 Å². The normalized spacial score (nSPS) is 16.8. The van der Waals surface area contributed by atoms with Gasteiger partial charge in [-0.25, -0.2) is 14.6 Å². The van der Waals surface area contributed by atoms with Crippen molar-refractivity contribution in [3.8, 4) is 5.69 Å². The number of hydrogen-bond donors (Lipinski definition) is 2. The summed E-state index contributed by atoms with van der Waals surface area (Å²) in [5, 5.41) is 8.35. The van der Waals surface area contributed by atoms with Crippen molar-refractivity contribution in [3.63, 3.8) is 0 Å². The van der Waals surface area contributed by atoms with Crippen molar-refractivity contribution in [1.82, 2.24) is 25.1 Å². The van der Waals surface area contributed by atoms with E-state index < -0.39 is 0 Å². The molecule has 1 atom stereocenters. The van der Waals surface area contributed by atoms with E-state index >= 15 is 0 Å². The van der Waals surface area contributed by atoms with Gasteiger partial charge in [-0.1, -0.05) is 32.9 Å². The van der Waals surface area contributed by atoms with Gasteiger partial charge in [0.1, 0.15) is 0 Å². The Morgan fingerprint density at radius 2 is 1.82 bits per heavy atom. The summed E-state index contributed by atoms with van der Waals surface area (Å²) < 4.78 is 2.10. The summed E-state index contributed by atoms with van der Waals surface area (Å²) >= 11 is 0. The minimum absolute atomic E-state index is 0.156. The molecule has 0 aliphatic heterocycles. The van der Waals surface area contributed by atoms with Gasteiger partial charge in [0.05, 0.1) is 11.9 Å². The van der Waals surface area contributed by atoms with Crippen LogP contribution in [0, 0.1) is 0 Å². The summed E-state index contributed by atoms with van der Waals surface area (Å²) in [6.45, 7) is 7.43. The molecule has 2 aromatic heterocycles. The standard InChI is InChI=1S/C22H28N6/c1-22(2,3)16-7-9-17(10-8-16)28-20-6-4-5-19(18(20)14-27-28)24-11-15-12-25-21(23)26-13-15/h7-10,12-14,19,24H,4-6,11H2,1-3H3,(H2,23,25,26)/t19-/m1/s1. The van der Waals surface area contributed by atoms with E-state index in [-0.39, 0.29) is 5.41 Å². The topological polar surface area (TPSA) is 81.7 Å². The highest BCUT2D eigenvalue weighted by atomic mass is 15.3. The van der Waals surface area contributed by atoms with Crippen LogP contribution in [0.15, 0.2) is 42.9 Å². The summed E-state index contributed by atoms with van der Waals surface area (Å²) in [5.41, 5.74) is 11.8. The zero-order valence-electron chi connectivity index (χ0n) is 16.8. The number of nitrogens with two attached hydrogens (primary N) is 1. The number of rotatable bonds is 4. The average Bonchev–Trinajstić information content (AvgIpc) is 3.12. The summed E-state index contributed by atoms with van der Waals surface area (Å²) in [6, 6.07) is 9.07. The van der Waals surface area contributed by atoms with Crippen LogP contribution in [0.4, 0.5) is 5.95 Å². The number of nitrogens with one attached hydrogen (secondary N) is 1. The number of anilines is 1. The molecule has 4 rings (SSSR count). The van der Waals surface area contributed by atoms with Gasteiger partial charge in [-0.2, -0.15) is 5.10 Å². The molecule has 3 N–H and O–H groups in total. The molecule has 1 aliphatic carbocycles. The van der Waals surface area contributed by atoms with E-state index in [0.717, 1.165) is 37.1 Å². The monoisotopic (exact) mass is 376 g/mol. The van der Waals surface area contributed by atoms with Crippen LogP contribution < -0.4 is 11.1 Å². The van der Waals surface area contributed by atoms with Crippen molar-refractivity contribution in [2.45, 2.75) is 58.0 Å². The van der Waals surface area contributed by atoms with Gasteiger partial charge in [0.2, 0.25) is 5.95 Å². The molecular formula is C22H28N6. The van der Waals surface area contributed by atoms with Crippen molar-refractivity contribution in [3.05, 3.63) is 65.2 Å². The molecule has 6 nitrogen and oxygen atoms in total. The Hall–Kier alpha value is -2.73. The van der Waals surface area contributed by atoms with E-state index in [1.165, 1.54) is 16.8 Å². The van der Waals surface area contributed by atoms with Gasteiger partial charge < -0.3 is 11.1 Å². The van der Waals surface area contributed by atoms with E-state index in [1.807, 2.05) is 6.20 Å². The van der Waals surface area contributed by atoms with Crippen LogP contribution >= 0.6 is 0 Å². The predicted molar refractivity (Wildman–Crippen MR) is 111 cm³/mol. The molecule has 0 radical (unpaired) electrons. The SMILES string of the molecule is CC(C)(C)c1ccc(-n2ncc3c2CCC[C@H]3NCc2cnc(N)nc2)cc1. The van der Waals surface area contributed by atoms with E-state index in [4.69, 9.17) is 10.8 Å². The van der Waals surface area contributed by atoms with Gasteiger partial charge in [0.25, 0.3) is 0 Å². The van der Waals surface area contributed by atoms with Crippen LogP contribution in [0.3, 0.4) is 0 Å². The lowest BCUT2D eigenvalue weighted by Gasteiger charge is -2.24. The van der Waals surface area contributed by atoms with Crippen LogP contribution in [-0.4, -0.2) is 19.7 Å². The van der Waals surface area contributed by atoms with Crippen molar-refractivity contribution >= 4 is 5.95 Å². The number of nitrogen functional groups attached to an aromatic ring is 1. The van der Waals surface area contributed by atoms with Gasteiger partial charge in [0, 0.05) is 41.8 Å². The molecule has 0 fully saturated rings. The van der Waals surface area contributed by atoms with E-state index in [2.05, 4.69) is 65.0 Å². The minimum atomic E-state index is 0.156. The number of hydrogen-bond acceptors (Lipinski definition) is 5. The second kappa shape index (κ2) is 7.36. The molecule has 3 aromatic rings. The van der Waals surface area contributed by atoms with Gasteiger partial charge >= 0.3 is 0 Å². The second-order valence-corrected chi connectivity index (χ2v) is 8.53. The zero-order valence-corrected chi connectivity index (χ0v) is 16.8. The maximum Gasteiger partial charge on any atom is 0.219 e. The Balaban J connectivity index is 1.53. The fourth-order valence-electron chi connectivity index (χ4n) is 3.79. The van der Waals surface area contributed by atoms with Crippen molar-refractivity contribution < 1.29 is 0 Å². The number of aromatic nitrogens is 4. The Labute approximate surface area is 166 Å². The Morgan fingerprint density at radius 1 is 1.11 bits per heavy atom. The first-order valence-electron chi connectivity index (χ1n) is 9.89. The molecule has 0 amide bonds. The minimum Gasteiger partial charge on any atom is -0.368 e. The molecule has 0 unspecified atom stereocenters. The molecule has 0 spiro atoms. The summed E-state index contributed by atoms with van der Waals surface area (Å²) in [7, 11) is 0. The molecule has 1 aromatic carbocycles. The van der Waals surface area contributed by atoms with E-state index in [9.17, 15) is 0 Å². The second-order valence-electron chi connectivity index (χ2n) is 8.53. The highest BCUT2D eigenvalue weighted by molar-refractivity contribution is 5.40. The lowest BCUT2D eigenvalue weighted by molar-refractivity contribution is 0.454. The van der Waals surface area contributed by atoms with Crippen molar-refractivity contribution in [2.75, 3.05) is 5.73 Å². The quantitative estimate of drug-likeness (QED) is 0.725. The number of fused-ring (bicyclic) bond motifs is 1. The van der Waals surface area contributed by atoms with Gasteiger partial charge in [-0.3, -0.25) is 0 Å². The first kappa shape index (κ1) is 18.6. The number of nitrogens with zero attached hydrogens (tertiary/aromatic N) is 4. The third-order valence-electron chi connectivity index (χ3n) is 5.44. The smallest absolute Gasteiger partial charge is 0.219 e. The third-order valence-corrected chi connectivity index (χ3v) is 5.44. The molecule has 6 heteroatoms. The largest absolute Gasteiger partial charge is 0.368 e. The number of benzene rings is 1. The van der Waals surface area contributed by atoms with Crippen molar-refractivity contribution in [2.24, 2.45) is 0 Å². The van der Waals surface area contributed by atoms with Gasteiger partial charge in [-0.05, 0) is 42.4 Å². The molecule has 2 heterocycles. The van der Waals surface area contributed by atoms with Crippen LogP contribution in [0.25, 0.3) is 5.69 Å². The van der Waals surface area contributed by atoms with Crippen LogP contribution in [0.5, 0.6) is 0 Å². The zero-order chi connectivity index (χ0) is 19.7. The van der Waals surface area contributed by atoms with Gasteiger partial charge in [-0.15, -0.1) is 0 Å². The van der Waals surface area contributed by atoms with Crippen LogP contribution in [0.2, 0.25) is 0 Å². The fraction of sp³-hybridized carbons (Fsp3) is 0.409. The lowest BCUT2D eigenvalue weighted by atomic mass is 9.87. The maximum atomic E-state index is 5.57. The van der Waals surface area contributed by atoms with E-state index in [0.29, 0.717) is 12.0 Å².